The minimum atomic E-state index is -4.13. The van der Waals surface area contributed by atoms with Gasteiger partial charge in [0.1, 0.15) is 12.6 Å². The van der Waals surface area contributed by atoms with Gasteiger partial charge in [-0.2, -0.15) is 0 Å². The second-order valence-electron chi connectivity index (χ2n) is 10.8. The molecule has 4 rings (SSSR count). The van der Waals surface area contributed by atoms with E-state index in [1.54, 1.807) is 35.2 Å². The van der Waals surface area contributed by atoms with Crippen molar-refractivity contribution in [3.8, 4) is 0 Å². The van der Waals surface area contributed by atoms with E-state index in [2.05, 4.69) is 5.32 Å². The summed E-state index contributed by atoms with van der Waals surface area (Å²) < 4.78 is 29.6. The van der Waals surface area contributed by atoms with Crippen molar-refractivity contribution < 1.29 is 18.0 Å². The first-order valence-corrected chi connectivity index (χ1v) is 16.5. The zero-order chi connectivity index (χ0) is 31.5. The average Bonchev–Trinajstić information content (AvgIpc) is 3.05. The van der Waals surface area contributed by atoms with Crippen LogP contribution >= 0.6 is 0 Å². The van der Waals surface area contributed by atoms with Crippen LogP contribution in [0.15, 0.2) is 114 Å². The Labute approximate surface area is 261 Å². The summed E-state index contributed by atoms with van der Waals surface area (Å²) >= 11 is 0. The summed E-state index contributed by atoms with van der Waals surface area (Å²) in [5, 5.41) is 2.98. The second kappa shape index (κ2) is 15.3. The van der Waals surface area contributed by atoms with Gasteiger partial charge in [0.15, 0.2) is 0 Å². The fourth-order valence-corrected chi connectivity index (χ4v) is 6.65. The monoisotopic (exact) mass is 611 g/mol. The molecular weight excluding hydrogens is 570 g/mol. The minimum absolute atomic E-state index is 0.0886. The smallest absolute Gasteiger partial charge is 0.264 e. The number of amides is 2. The Morgan fingerprint density at radius 2 is 1.36 bits per heavy atom. The predicted octanol–water partition coefficient (Wildman–Crippen LogP) is 5.92. The fraction of sp³-hybridized carbons (Fsp3) is 0.278. The maximum Gasteiger partial charge on any atom is 0.264 e. The van der Waals surface area contributed by atoms with E-state index < -0.39 is 28.5 Å². The molecule has 230 valence electrons. The lowest BCUT2D eigenvalue weighted by Gasteiger charge is -2.34. The Balaban J connectivity index is 1.82. The highest BCUT2D eigenvalue weighted by molar-refractivity contribution is 7.92. The third kappa shape index (κ3) is 7.94. The van der Waals surface area contributed by atoms with Crippen LogP contribution in [0.4, 0.5) is 5.69 Å². The number of carbonyl (C=O) groups is 2. The molecule has 0 aromatic heterocycles. The number of para-hydroxylation sites is 1. The van der Waals surface area contributed by atoms with E-state index in [0.717, 1.165) is 28.7 Å². The Kier molecular flexibility index (Phi) is 11.3. The first-order valence-electron chi connectivity index (χ1n) is 15.1. The van der Waals surface area contributed by atoms with Crippen LogP contribution in [0.2, 0.25) is 0 Å². The molecule has 0 heterocycles. The Hall–Kier alpha value is -4.43. The van der Waals surface area contributed by atoms with Crippen LogP contribution in [0.25, 0.3) is 0 Å². The van der Waals surface area contributed by atoms with Crippen LogP contribution in [-0.2, 0) is 39.0 Å². The van der Waals surface area contributed by atoms with Gasteiger partial charge >= 0.3 is 0 Å². The van der Waals surface area contributed by atoms with E-state index in [9.17, 15) is 18.0 Å². The maximum atomic E-state index is 14.6. The normalized spacial score (nSPS) is 11.9. The molecule has 0 fully saturated rings. The maximum absolute atomic E-state index is 14.6. The van der Waals surface area contributed by atoms with Crippen LogP contribution in [0.5, 0.6) is 0 Å². The van der Waals surface area contributed by atoms with Gasteiger partial charge in [-0.1, -0.05) is 105 Å². The Morgan fingerprint density at radius 3 is 2.00 bits per heavy atom. The summed E-state index contributed by atoms with van der Waals surface area (Å²) in [5.41, 5.74) is 4.00. The lowest BCUT2D eigenvalue weighted by molar-refractivity contribution is -0.140. The van der Waals surface area contributed by atoms with E-state index >= 15 is 0 Å². The third-order valence-corrected chi connectivity index (χ3v) is 9.45. The van der Waals surface area contributed by atoms with Crippen molar-refractivity contribution in [3.63, 3.8) is 0 Å². The summed E-state index contributed by atoms with van der Waals surface area (Å²) in [6.45, 7) is 6.04. The quantitative estimate of drug-likeness (QED) is 0.192. The molecule has 0 bridgehead atoms. The number of carbonyl (C=O) groups excluding carboxylic acids is 2. The van der Waals surface area contributed by atoms with Gasteiger partial charge < -0.3 is 10.2 Å². The molecule has 0 saturated heterocycles. The van der Waals surface area contributed by atoms with Crippen LogP contribution in [0.1, 0.15) is 42.5 Å². The summed E-state index contributed by atoms with van der Waals surface area (Å²) in [6, 6.07) is 31.8. The molecule has 0 saturated carbocycles. The lowest BCUT2D eigenvalue weighted by Crippen LogP contribution is -2.53. The molecule has 4 aromatic carbocycles. The lowest BCUT2D eigenvalue weighted by atomic mass is 10.0. The largest absolute Gasteiger partial charge is 0.354 e. The van der Waals surface area contributed by atoms with Crippen molar-refractivity contribution in [1.29, 1.82) is 0 Å². The van der Waals surface area contributed by atoms with E-state index in [-0.39, 0.29) is 23.8 Å². The number of aryl methyl sites for hydroxylation is 2. The molecule has 44 heavy (non-hydrogen) atoms. The molecule has 7 nitrogen and oxygen atoms in total. The van der Waals surface area contributed by atoms with Gasteiger partial charge in [0.25, 0.3) is 10.0 Å². The fourth-order valence-electron chi connectivity index (χ4n) is 5.18. The second-order valence-corrected chi connectivity index (χ2v) is 12.6. The van der Waals surface area contributed by atoms with Crippen LogP contribution in [0, 0.1) is 6.92 Å². The van der Waals surface area contributed by atoms with Crippen LogP contribution in [0.3, 0.4) is 0 Å². The van der Waals surface area contributed by atoms with E-state index in [4.69, 9.17) is 0 Å². The molecular formula is C36H41N3O4S. The zero-order valence-corrected chi connectivity index (χ0v) is 26.5. The predicted molar refractivity (Wildman–Crippen MR) is 176 cm³/mol. The molecule has 1 unspecified atom stereocenters. The van der Waals surface area contributed by atoms with Gasteiger partial charge in [-0.3, -0.25) is 13.9 Å². The highest BCUT2D eigenvalue weighted by atomic mass is 32.2. The molecule has 0 spiro atoms. The van der Waals surface area contributed by atoms with E-state index in [1.807, 2.05) is 87.5 Å². The summed E-state index contributed by atoms with van der Waals surface area (Å²) in [7, 11) is -4.13. The Bertz CT molecular complexity index is 1640. The Morgan fingerprint density at radius 1 is 0.773 bits per heavy atom. The van der Waals surface area contributed by atoms with Crippen molar-refractivity contribution in [2.24, 2.45) is 0 Å². The number of nitrogens with zero attached hydrogens (tertiary/aromatic N) is 2. The zero-order valence-electron chi connectivity index (χ0n) is 25.6. The minimum Gasteiger partial charge on any atom is -0.354 e. The molecule has 0 aliphatic carbocycles. The molecule has 1 N–H and O–H groups in total. The van der Waals surface area contributed by atoms with E-state index in [0.29, 0.717) is 18.7 Å². The summed E-state index contributed by atoms with van der Waals surface area (Å²) in [5.74, 6) is -0.740. The number of benzene rings is 4. The van der Waals surface area contributed by atoms with Gasteiger partial charge in [-0.15, -0.1) is 0 Å². The number of nitrogens with one attached hydrogen (secondary N) is 1. The number of anilines is 1. The van der Waals surface area contributed by atoms with Gasteiger partial charge in [0.2, 0.25) is 11.8 Å². The highest BCUT2D eigenvalue weighted by Gasteiger charge is 2.35. The number of hydrogen-bond donors (Lipinski definition) is 1. The average molecular weight is 612 g/mol. The molecule has 0 aliphatic rings. The number of rotatable bonds is 14. The van der Waals surface area contributed by atoms with Crippen LogP contribution < -0.4 is 9.62 Å². The standard InChI is InChI=1S/C36H41N3O4S/c1-4-24-37-36(41)34(25-29-17-8-6-9-18-29)38(26-31-20-13-12-16-28(31)3)35(40)27-39(33-23-15-14-19-30(33)5-2)44(42,43)32-21-10-7-11-22-32/h6-23,34H,4-5,24-27H2,1-3H3,(H,37,41). The van der Waals surface area contributed by atoms with Crippen molar-refractivity contribution >= 4 is 27.5 Å². The van der Waals surface area contributed by atoms with E-state index in [1.165, 1.54) is 16.4 Å². The van der Waals surface area contributed by atoms with Gasteiger partial charge in [0.05, 0.1) is 10.6 Å². The molecule has 8 heteroatoms. The van der Waals surface area contributed by atoms with Crippen molar-refractivity contribution in [3.05, 3.63) is 131 Å². The molecule has 0 radical (unpaired) electrons. The van der Waals surface area contributed by atoms with Crippen molar-refractivity contribution in [2.45, 2.75) is 57.5 Å². The summed E-state index contributed by atoms with van der Waals surface area (Å²) in [6.07, 6.45) is 1.60. The van der Waals surface area contributed by atoms with Gasteiger partial charge in [-0.25, -0.2) is 8.42 Å². The first-order chi connectivity index (χ1) is 21.3. The molecule has 0 aliphatic heterocycles. The number of sulfonamides is 1. The SMILES string of the molecule is CCCNC(=O)C(Cc1ccccc1)N(Cc1ccccc1C)C(=O)CN(c1ccccc1CC)S(=O)(=O)c1ccccc1. The highest BCUT2D eigenvalue weighted by Crippen LogP contribution is 2.28. The summed E-state index contributed by atoms with van der Waals surface area (Å²) in [4.78, 5) is 30.0. The van der Waals surface area contributed by atoms with Crippen molar-refractivity contribution in [1.82, 2.24) is 10.2 Å². The number of hydrogen-bond acceptors (Lipinski definition) is 4. The molecule has 2 amide bonds. The van der Waals surface area contributed by atoms with Crippen LogP contribution in [-0.4, -0.2) is 44.3 Å². The molecule has 4 aromatic rings. The van der Waals surface area contributed by atoms with Gasteiger partial charge in [-0.05, 0) is 60.2 Å². The first kappa shape index (κ1) is 32.5. The third-order valence-electron chi connectivity index (χ3n) is 7.67. The topological polar surface area (TPSA) is 86.8 Å². The molecule has 1 atom stereocenters. The van der Waals surface area contributed by atoms with Crippen molar-refractivity contribution in [2.75, 3.05) is 17.4 Å². The van der Waals surface area contributed by atoms with Gasteiger partial charge in [0, 0.05) is 19.5 Å².